The smallest absolute Gasteiger partial charge is 0.232 e. The van der Waals surface area contributed by atoms with E-state index in [-0.39, 0.29) is 16.9 Å². The van der Waals surface area contributed by atoms with E-state index in [1.165, 1.54) is 18.7 Å². The van der Waals surface area contributed by atoms with Gasteiger partial charge < -0.3 is 4.42 Å². The molecule has 0 aliphatic carbocycles. The molecule has 1 saturated heterocycles. The Balaban J connectivity index is 1.75. The summed E-state index contributed by atoms with van der Waals surface area (Å²) in [5.41, 5.74) is 0.643. The molecule has 0 aromatic carbocycles. The molecule has 7 heteroatoms. The predicted octanol–water partition coefficient (Wildman–Crippen LogP) is 2.37. The summed E-state index contributed by atoms with van der Waals surface area (Å²) >= 11 is 1.26. The van der Waals surface area contributed by atoms with E-state index in [0.717, 1.165) is 0 Å². The molecule has 2 aromatic heterocycles. The largest absolute Gasteiger partial charge is 0.463 e. The van der Waals surface area contributed by atoms with Crippen LogP contribution in [0.2, 0.25) is 0 Å². The summed E-state index contributed by atoms with van der Waals surface area (Å²) in [6.45, 7) is 2.08. The van der Waals surface area contributed by atoms with Crippen LogP contribution < -0.4 is 4.90 Å². The van der Waals surface area contributed by atoms with Crippen molar-refractivity contribution in [2.24, 2.45) is 5.92 Å². The Bertz CT molecular complexity index is 687. The SMILES string of the molecule is CC(=O)SCC1CC(=O)N(c2nccc(-c3ccco3)n2)C1. The molecular formula is C15H15N3O3S. The van der Waals surface area contributed by atoms with Gasteiger partial charge in [-0.3, -0.25) is 14.5 Å². The van der Waals surface area contributed by atoms with E-state index in [4.69, 9.17) is 4.42 Å². The second-order valence-corrected chi connectivity index (χ2v) is 6.29. The van der Waals surface area contributed by atoms with Crippen molar-refractivity contribution >= 4 is 28.7 Å². The van der Waals surface area contributed by atoms with Gasteiger partial charge in [-0.25, -0.2) is 9.97 Å². The molecule has 3 heterocycles. The van der Waals surface area contributed by atoms with Gasteiger partial charge in [-0.2, -0.15) is 0 Å². The summed E-state index contributed by atoms with van der Waals surface area (Å²) in [5.74, 6) is 1.81. The van der Waals surface area contributed by atoms with Crippen LogP contribution in [0, 0.1) is 5.92 Å². The highest BCUT2D eigenvalue weighted by atomic mass is 32.2. The monoisotopic (exact) mass is 317 g/mol. The van der Waals surface area contributed by atoms with Crippen LogP contribution in [-0.2, 0) is 9.59 Å². The van der Waals surface area contributed by atoms with Gasteiger partial charge in [-0.05, 0) is 24.1 Å². The van der Waals surface area contributed by atoms with Gasteiger partial charge in [0.05, 0.1) is 6.26 Å². The van der Waals surface area contributed by atoms with E-state index in [1.807, 2.05) is 6.07 Å². The summed E-state index contributed by atoms with van der Waals surface area (Å²) in [4.78, 5) is 33.4. The molecule has 6 nitrogen and oxygen atoms in total. The highest BCUT2D eigenvalue weighted by molar-refractivity contribution is 8.13. The molecule has 1 fully saturated rings. The molecule has 114 valence electrons. The minimum atomic E-state index is -0.00857. The van der Waals surface area contributed by atoms with E-state index in [1.54, 1.807) is 29.5 Å². The van der Waals surface area contributed by atoms with Crippen LogP contribution in [0.3, 0.4) is 0 Å². The Kier molecular flexibility index (Phi) is 4.24. The van der Waals surface area contributed by atoms with Crippen LogP contribution >= 0.6 is 11.8 Å². The number of furan rings is 1. The standard InChI is InChI=1S/C15H15N3O3S/c1-10(19)22-9-11-7-14(20)18(8-11)15-16-5-4-12(17-15)13-3-2-6-21-13/h2-6,11H,7-9H2,1H3. The molecular weight excluding hydrogens is 302 g/mol. The number of anilines is 1. The van der Waals surface area contributed by atoms with E-state index in [0.29, 0.717) is 36.1 Å². The maximum atomic E-state index is 12.2. The number of thioether (sulfide) groups is 1. The lowest BCUT2D eigenvalue weighted by Crippen LogP contribution is -2.26. The Morgan fingerprint density at radius 2 is 2.36 bits per heavy atom. The Morgan fingerprint density at radius 1 is 1.50 bits per heavy atom. The minimum Gasteiger partial charge on any atom is -0.463 e. The van der Waals surface area contributed by atoms with E-state index < -0.39 is 0 Å². The van der Waals surface area contributed by atoms with Crippen molar-refractivity contribution in [3.8, 4) is 11.5 Å². The van der Waals surface area contributed by atoms with Gasteiger partial charge in [-0.1, -0.05) is 11.8 Å². The summed E-state index contributed by atoms with van der Waals surface area (Å²) in [5, 5.41) is 0.0713. The lowest BCUT2D eigenvalue weighted by Gasteiger charge is -2.14. The van der Waals surface area contributed by atoms with Crippen molar-refractivity contribution in [3.63, 3.8) is 0 Å². The lowest BCUT2D eigenvalue weighted by molar-refractivity contribution is -0.117. The van der Waals surface area contributed by atoms with Gasteiger partial charge in [0.25, 0.3) is 0 Å². The fourth-order valence-electron chi connectivity index (χ4n) is 2.36. The zero-order valence-electron chi connectivity index (χ0n) is 12.1. The molecule has 1 atom stereocenters. The summed E-state index contributed by atoms with van der Waals surface area (Å²) in [6.07, 6.45) is 3.62. The summed E-state index contributed by atoms with van der Waals surface area (Å²) in [6, 6.07) is 5.34. The molecule has 1 aliphatic heterocycles. The van der Waals surface area contributed by atoms with Gasteiger partial charge in [0.2, 0.25) is 11.9 Å². The molecule has 3 rings (SSSR count). The second kappa shape index (κ2) is 6.31. The zero-order valence-corrected chi connectivity index (χ0v) is 12.9. The van der Waals surface area contributed by atoms with E-state index in [9.17, 15) is 9.59 Å². The Labute approximate surface area is 131 Å². The highest BCUT2D eigenvalue weighted by Crippen LogP contribution is 2.26. The van der Waals surface area contributed by atoms with Crippen molar-refractivity contribution in [3.05, 3.63) is 30.7 Å². The van der Waals surface area contributed by atoms with Gasteiger partial charge in [-0.15, -0.1) is 0 Å². The first-order chi connectivity index (χ1) is 10.6. The minimum absolute atomic E-state index is 0.00857. The van der Waals surface area contributed by atoms with Crippen LogP contribution in [0.15, 0.2) is 35.1 Å². The average Bonchev–Trinajstić information content (AvgIpc) is 3.15. The number of amides is 1. The molecule has 22 heavy (non-hydrogen) atoms. The molecule has 1 aliphatic rings. The maximum Gasteiger partial charge on any atom is 0.232 e. The first kappa shape index (κ1) is 14.8. The number of nitrogens with zero attached hydrogens (tertiary/aromatic N) is 3. The van der Waals surface area contributed by atoms with Crippen LogP contribution in [0.1, 0.15) is 13.3 Å². The normalized spacial score (nSPS) is 18.0. The fourth-order valence-corrected chi connectivity index (χ4v) is 3.06. The average molecular weight is 317 g/mol. The van der Waals surface area contributed by atoms with Crippen molar-refractivity contribution in [1.82, 2.24) is 9.97 Å². The highest BCUT2D eigenvalue weighted by Gasteiger charge is 2.32. The summed E-state index contributed by atoms with van der Waals surface area (Å²) in [7, 11) is 0. The number of carbonyl (C=O) groups excluding carboxylic acids is 2. The quantitative estimate of drug-likeness (QED) is 0.861. The Hall–Kier alpha value is -2.15. The third-order valence-corrected chi connectivity index (χ3v) is 4.43. The van der Waals surface area contributed by atoms with Gasteiger partial charge in [0, 0.05) is 31.8 Å². The lowest BCUT2D eigenvalue weighted by atomic mass is 10.1. The van der Waals surface area contributed by atoms with Crippen LogP contribution in [0.25, 0.3) is 11.5 Å². The third-order valence-electron chi connectivity index (χ3n) is 3.39. The number of hydrogen-bond donors (Lipinski definition) is 0. The topological polar surface area (TPSA) is 76.3 Å². The predicted molar refractivity (Wildman–Crippen MR) is 83.3 cm³/mol. The molecule has 0 N–H and O–H groups in total. The van der Waals surface area contributed by atoms with Crippen molar-refractivity contribution in [2.45, 2.75) is 13.3 Å². The molecule has 0 bridgehead atoms. The van der Waals surface area contributed by atoms with Crippen LogP contribution in [-0.4, -0.2) is 33.3 Å². The molecule has 1 amide bonds. The van der Waals surface area contributed by atoms with Crippen molar-refractivity contribution in [2.75, 3.05) is 17.2 Å². The van der Waals surface area contributed by atoms with Gasteiger partial charge >= 0.3 is 0 Å². The van der Waals surface area contributed by atoms with Crippen molar-refractivity contribution in [1.29, 1.82) is 0 Å². The number of rotatable bonds is 4. The molecule has 2 aromatic rings. The molecule has 0 spiro atoms. The van der Waals surface area contributed by atoms with E-state index >= 15 is 0 Å². The molecule has 0 saturated carbocycles. The second-order valence-electron chi connectivity index (χ2n) is 5.10. The maximum absolute atomic E-state index is 12.2. The third kappa shape index (κ3) is 3.19. The van der Waals surface area contributed by atoms with Crippen LogP contribution in [0.4, 0.5) is 5.95 Å². The fraction of sp³-hybridized carbons (Fsp3) is 0.333. The first-order valence-corrected chi connectivity index (χ1v) is 7.92. The number of carbonyl (C=O) groups is 2. The first-order valence-electron chi connectivity index (χ1n) is 6.94. The Morgan fingerprint density at radius 3 is 3.09 bits per heavy atom. The molecule has 0 radical (unpaired) electrons. The van der Waals surface area contributed by atoms with Gasteiger partial charge in [0.1, 0.15) is 5.69 Å². The zero-order chi connectivity index (χ0) is 15.5. The van der Waals surface area contributed by atoms with Crippen LogP contribution in [0.5, 0.6) is 0 Å². The summed E-state index contributed by atoms with van der Waals surface area (Å²) < 4.78 is 5.32. The number of hydrogen-bond acceptors (Lipinski definition) is 6. The van der Waals surface area contributed by atoms with Gasteiger partial charge in [0.15, 0.2) is 10.9 Å². The molecule has 1 unspecified atom stereocenters. The van der Waals surface area contributed by atoms with Crippen molar-refractivity contribution < 1.29 is 14.0 Å². The van der Waals surface area contributed by atoms with E-state index in [2.05, 4.69) is 9.97 Å². The number of aromatic nitrogens is 2.